The molecule has 1 aliphatic carbocycles. The highest BCUT2D eigenvalue weighted by atomic mass is 16.5. The molecule has 0 bridgehead atoms. The van der Waals surface area contributed by atoms with Crippen LogP contribution in [-0.4, -0.2) is 32.1 Å². The van der Waals surface area contributed by atoms with E-state index in [0.717, 1.165) is 25.1 Å². The third-order valence-electron chi connectivity index (χ3n) is 5.11. The summed E-state index contributed by atoms with van der Waals surface area (Å²) in [6, 6.07) is 5.91. The first-order valence-electron chi connectivity index (χ1n) is 8.97. The van der Waals surface area contributed by atoms with Crippen LogP contribution in [0.2, 0.25) is 0 Å². The molecule has 4 heteroatoms. The van der Waals surface area contributed by atoms with E-state index < -0.39 is 0 Å². The summed E-state index contributed by atoms with van der Waals surface area (Å²) in [4.78, 5) is 12.9. The molecular formula is C21H28N2O2. The van der Waals surface area contributed by atoms with Crippen molar-refractivity contribution in [1.82, 2.24) is 10.6 Å². The fourth-order valence-electron chi connectivity index (χ4n) is 3.56. The maximum atomic E-state index is 12.9. The zero-order chi connectivity index (χ0) is 18.0. The standard InChI is InChI=1S/C21H28N2O2/c1-21(2,3)15-8-9-17(19(12-15)25-4)20(24)23-18-7-5-6-14-13-22-11-10-16(14)18/h5-9,12,16,18,22H,10-11,13H2,1-4H3,(H,23,24). The average molecular weight is 340 g/mol. The molecule has 2 aliphatic rings. The number of nitrogens with one attached hydrogen (secondary N) is 2. The molecule has 0 radical (unpaired) electrons. The number of piperidine rings is 1. The lowest BCUT2D eigenvalue weighted by Gasteiger charge is -2.34. The Morgan fingerprint density at radius 1 is 1.32 bits per heavy atom. The van der Waals surface area contributed by atoms with Crippen molar-refractivity contribution in [3.05, 3.63) is 53.1 Å². The summed E-state index contributed by atoms with van der Waals surface area (Å²) in [5, 5.41) is 6.59. The molecule has 1 aliphatic heterocycles. The highest BCUT2D eigenvalue weighted by Crippen LogP contribution is 2.30. The van der Waals surface area contributed by atoms with Crippen LogP contribution in [0.5, 0.6) is 5.75 Å². The number of benzene rings is 1. The van der Waals surface area contributed by atoms with Gasteiger partial charge in [-0.2, -0.15) is 0 Å². The number of amides is 1. The van der Waals surface area contributed by atoms with Crippen molar-refractivity contribution >= 4 is 5.91 Å². The summed E-state index contributed by atoms with van der Waals surface area (Å²) in [6.45, 7) is 8.36. The molecule has 3 rings (SSSR count). The third-order valence-corrected chi connectivity index (χ3v) is 5.11. The minimum Gasteiger partial charge on any atom is -0.496 e. The summed E-state index contributed by atoms with van der Waals surface area (Å²) in [7, 11) is 1.62. The predicted molar refractivity (Wildman–Crippen MR) is 101 cm³/mol. The molecule has 134 valence electrons. The lowest BCUT2D eigenvalue weighted by molar-refractivity contribution is 0.0931. The van der Waals surface area contributed by atoms with E-state index in [1.807, 2.05) is 24.3 Å². The van der Waals surface area contributed by atoms with Crippen LogP contribution in [0.15, 0.2) is 42.0 Å². The van der Waals surface area contributed by atoms with E-state index in [2.05, 4.69) is 43.6 Å². The summed E-state index contributed by atoms with van der Waals surface area (Å²) in [5.74, 6) is 0.938. The van der Waals surface area contributed by atoms with Gasteiger partial charge in [0.05, 0.1) is 18.7 Å². The summed E-state index contributed by atoms with van der Waals surface area (Å²) in [6.07, 6.45) is 7.34. The van der Waals surface area contributed by atoms with Crippen molar-refractivity contribution < 1.29 is 9.53 Å². The molecule has 1 saturated heterocycles. The van der Waals surface area contributed by atoms with Gasteiger partial charge in [-0.1, -0.05) is 50.6 Å². The fraction of sp³-hybridized carbons (Fsp3) is 0.476. The van der Waals surface area contributed by atoms with Crippen LogP contribution in [0, 0.1) is 5.92 Å². The molecule has 0 aromatic heterocycles. The molecule has 4 nitrogen and oxygen atoms in total. The zero-order valence-corrected chi connectivity index (χ0v) is 15.6. The number of ether oxygens (including phenoxy) is 1. The number of hydrogen-bond acceptors (Lipinski definition) is 3. The highest BCUT2D eigenvalue weighted by molar-refractivity contribution is 5.97. The number of rotatable bonds is 3. The second-order valence-corrected chi connectivity index (χ2v) is 7.86. The van der Waals surface area contributed by atoms with Crippen molar-refractivity contribution in [2.45, 2.75) is 38.6 Å². The van der Waals surface area contributed by atoms with Gasteiger partial charge in [-0.3, -0.25) is 4.79 Å². The van der Waals surface area contributed by atoms with Crippen molar-refractivity contribution in [2.75, 3.05) is 20.2 Å². The monoisotopic (exact) mass is 340 g/mol. The van der Waals surface area contributed by atoms with Crippen LogP contribution in [0.3, 0.4) is 0 Å². The zero-order valence-electron chi connectivity index (χ0n) is 15.6. The number of methoxy groups -OCH3 is 1. The van der Waals surface area contributed by atoms with Crippen LogP contribution in [-0.2, 0) is 5.41 Å². The average Bonchev–Trinajstić information content (AvgIpc) is 2.60. The molecule has 1 amide bonds. The van der Waals surface area contributed by atoms with E-state index in [1.54, 1.807) is 7.11 Å². The van der Waals surface area contributed by atoms with E-state index in [-0.39, 0.29) is 17.4 Å². The first-order valence-corrected chi connectivity index (χ1v) is 8.97. The quantitative estimate of drug-likeness (QED) is 0.888. The second kappa shape index (κ2) is 7.04. The number of carbonyl (C=O) groups is 1. The minimum atomic E-state index is -0.0771. The predicted octanol–water partition coefficient (Wildman–Crippen LogP) is 3.20. The first kappa shape index (κ1) is 17.7. The van der Waals surface area contributed by atoms with E-state index in [1.165, 1.54) is 5.57 Å². The number of hydrogen-bond donors (Lipinski definition) is 2. The summed E-state index contributed by atoms with van der Waals surface area (Å²) < 4.78 is 5.50. The number of carbonyl (C=O) groups excluding carboxylic acids is 1. The van der Waals surface area contributed by atoms with Crippen molar-refractivity contribution in [3.8, 4) is 5.75 Å². The Kier molecular flexibility index (Phi) is 5.00. The largest absolute Gasteiger partial charge is 0.496 e. The van der Waals surface area contributed by atoms with Gasteiger partial charge >= 0.3 is 0 Å². The Bertz CT molecular complexity index is 713. The van der Waals surface area contributed by atoms with Gasteiger partial charge < -0.3 is 15.4 Å². The van der Waals surface area contributed by atoms with Crippen LogP contribution >= 0.6 is 0 Å². The van der Waals surface area contributed by atoms with Gasteiger partial charge in [0.25, 0.3) is 5.91 Å². The highest BCUT2D eigenvalue weighted by Gasteiger charge is 2.29. The smallest absolute Gasteiger partial charge is 0.255 e. The molecule has 1 heterocycles. The second-order valence-electron chi connectivity index (χ2n) is 7.86. The normalized spacial score (nSPS) is 22.8. The van der Waals surface area contributed by atoms with Crippen LogP contribution in [0.4, 0.5) is 0 Å². The number of allylic oxidation sites excluding steroid dienone is 2. The Labute approximate surface area is 150 Å². The lowest BCUT2D eigenvalue weighted by Crippen LogP contribution is -2.45. The Morgan fingerprint density at radius 2 is 2.12 bits per heavy atom. The Morgan fingerprint density at radius 3 is 2.84 bits per heavy atom. The minimum absolute atomic E-state index is 0.0171. The molecule has 25 heavy (non-hydrogen) atoms. The van der Waals surface area contributed by atoms with E-state index in [0.29, 0.717) is 17.2 Å². The SMILES string of the molecule is COc1cc(C(C)(C)C)ccc1C(=O)NC1C=CC=C2CNCCC21. The van der Waals surface area contributed by atoms with E-state index >= 15 is 0 Å². The maximum Gasteiger partial charge on any atom is 0.255 e. The van der Waals surface area contributed by atoms with Gasteiger partial charge in [0.15, 0.2) is 0 Å². The molecule has 0 spiro atoms. The molecule has 1 fully saturated rings. The molecule has 0 saturated carbocycles. The van der Waals surface area contributed by atoms with Crippen LogP contribution < -0.4 is 15.4 Å². The summed E-state index contributed by atoms with van der Waals surface area (Å²) in [5.41, 5.74) is 3.13. The van der Waals surface area contributed by atoms with Crippen molar-refractivity contribution in [3.63, 3.8) is 0 Å². The molecule has 1 aromatic rings. The Balaban J connectivity index is 1.79. The maximum absolute atomic E-state index is 12.9. The third kappa shape index (κ3) is 3.79. The molecule has 1 aromatic carbocycles. The van der Waals surface area contributed by atoms with Crippen molar-refractivity contribution in [1.29, 1.82) is 0 Å². The Hall–Kier alpha value is -2.07. The molecular weight excluding hydrogens is 312 g/mol. The van der Waals surface area contributed by atoms with Gasteiger partial charge in [0, 0.05) is 12.5 Å². The molecule has 2 unspecified atom stereocenters. The number of fused-ring (bicyclic) bond motifs is 1. The van der Waals surface area contributed by atoms with Gasteiger partial charge in [-0.05, 0) is 36.1 Å². The van der Waals surface area contributed by atoms with Gasteiger partial charge in [0.2, 0.25) is 0 Å². The van der Waals surface area contributed by atoms with E-state index in [9.17, 15) is 4.79 Å². The van der Waals surface area contributed by atoms with Gasteiger partial charge in [-0.15, -0.1) is 0 Å². The summed E-state index contributed by atoms with van der Waals surface area (Å²) >= 11 is 0. The van der Waals surface area contributed by atoms with E-state index in [4.69, 9.17) is 4.74 Å². The van der Waals surface area contributed by atoms with Crippen LogP contribution in [0.25, 0.3) is 0 Å². The van der Waals surface area contributed by atoms with Crippen LogP contribution in [0.1, 0.15) is 43.1 Å². The molecule has 2 atom stereocenters. The fourth-order valence-corrected chi connectivity index (χ4v) is 3.56. The lowest BCUT2D eigenvalue weighted by atomic mass is 9.82. The van der Waals surface area contributed by atoms with Crippen molar-refractivity contribution in [2.24, 2.45) is 5.92 Å². The van der Waals surface area contributed by atoms with Gasteiger partial charge in [0.1, 0.15) is 5.75 Å². The molecule has 2 N–H and O–H groups in total. The topological polar surface area (TPSA) is 50.4 Å². The first-order chi connectivity index (χ1) is 11.9. The van der Waals surface area contributed by atoms with Gasteiger partial charge in [-0.25, -0.2) is 0 Å².